The number of hydrogen-bond acceptors (Lipinski definition) is 5. The van der Waals surface area contributed by atoms with Gasteiger partial charge in [-0.25, -0.2) is 0 Å². The Kier molecular flexibility index (Phi) is 8.10. The van der Waals surface area contributed by atoms with Crippen LogP contribution in [-0.4, -0.2) is 65.1 Å². The highest BCUT2D eigenvalue weighted by Crippen LogP contribution is 2.24. The lowest BCUT2D eigenvalue weighted by Gasteiger charge is -2.26. The van der Waals surface area contributed by atoms with Crippen LogP contribution in [0.5, 0.6) is 5.75 Å². The molecule has 3 aromatic rings. The Labute approximate surface area is 214 Å². The summed E-state index contributed by atoms with van der Waals surface area (Å²) in [6.07, 6.45) is 1.21. The molecule has 2 aromatic carbocycles. The van der Waals surface area contributed by atoms with E-state index in [2.05, 4.69) is 20.8 Å². The van der Waals surface area contributed by atoms with Crippen molar-refractivity contribution in [3.8, 4) is 5.75 Å². The molecule has 0 aliphatic carbocycles. The number of rotatable bonds is 2. The summed E-state index contributed by atoms with van der Waals surface area (Å²) in [5.74, 6) is -0.452. The van der Waals surface area contributed by atoms with Gasteiger partial charge in [0.05, 0.1) is 23.7 Å². The summed E-state index contributed by atoms with van der Waals surface area (Å²) < 4.78 is 5.96. The fourth-order valence-corrected chi connectivity index (χ4v) is 4.24. The number of carbonyl (C=O) groups excluding carboxylic acids is 3. The van der Waals surface area contributed by atoms with E-state index < -0.39 is 0 Å². The van der Waals surface area contributed by atoms with Gasteiger partial charge in [0.25, 0.3) is 11.8 Å². The molecule has 36 heavy (non-hydrogen) atoms. The van der Waals surface area contributed by atoms with Gasteiger partial charge in [0.1, 0.15) is 12.4 Å². The van der Waals surface area contributed by atoms with Crippen LogP contribution in [0.15, 0.2) is 42.5 Å². The number of ether oxygens (including phenoxy) is 1. The standard InChI is InChI=1S/C26H30ClN5O4/c1-16(2)21-15-36-22-10-9-17(27)13-19(22)25(34)28-11-5-6-12-32(14-23(33)29-21)26(35)24-18-7-3-4-8-20(18)30-31-24/h3-4,7-10,13,16,21H,5-6,11-12,14-15H2,1-2H3,(H,28,34)(H,29,33)(H,30,31)/t21-/m1/s1. The van der Waals surface area contributed by atoms with Crippen molar-refractivity contribution < 1.29 is 19.1 Å². The molecule has 0 saturated heterocycles. The summed E-state index contributed by atoms with van der Waals surface area (Å²) in [4.78, 5) is 40.8. The summed E-state index contributed by atoms with van der Waals surface area (Å²) in [6.45, 7) is 4.73. The number of amides is 3. The Hall–Kier alpha value is -3.59. The maximum absolute atomic E-state index is 13.4. The molecule has 0 unspecified atom stereocenters. The fraction of sp³-hybridized carbons (Fsp3) is 0.385. The minimum atomic E-state index is -0.336. The number of nitrogens with zero attached hydrogens (tertiary/aromatic N) is 2. The molecule has 3 N–H and O–H groups in total. The van der Waals surface area contributed by atoms with Gasteiger partial charge in [0.15, 0.2) is 5.69 Å². The first-order valence-electron chi connectivity index (χ1n) is 12.1. The van der Waals surface area contributed by atoms with E-state index >= 15 is 0 Å². The molecule has 10 heteroatoms. The molecule has 1 aromatic heterocycles. The highest BCUT2D eigenvalue weighted by atomic mass is 35.5. The van der Waals surface area contributed by atoms with Crippen LogP contribution in [0, 0.1) is 5.92 Å². The van der Waals surface area contributed by atoms with Gasteiger partial charge < -0.3 is 20.3 Å². The van der Waals surface area contributed by atoms with Crippen molar-refractivity contribution >= 4 is 40.2 Å². The van der Waals surface area contributed by atoms with E-state index in [1.807, 2.05) is 38.1 Å². The molecule has 2 heterocycles. The van der Waals surface area contributed by atoms with Crippen LogP contribution in [0.3, 0.4) is 0 Å². The number of carbonyl (C=O) groups is 3. The summed E-state index contributed by atoms with van der Waals surface area (Å²) >= 11 is 6.12. The van der Waals surface area contributed by atoms with E-state index in [1.54, 1.807) is 18.2 Å². The number of para-hydroxylation sites is 1. The van der Waals surface area contributed by atoms with Crippen LogP contribution in [0.4, 0.5) is 0 Å². The Morgan fingerprint density at radius 2 is 1.97 bits per heavy atom. The van der Waals surface area contributed by atoms with Crippen molar-refractivity contribution in [1.82, 2.24) is 25.7 Å². The minimum Gasteiger partial charge on any atom is -0.491 e. The molecular weight excluding hydrogens is 482 g/mol. The average molecular weight is 512 g/mol. The number of H-pyrrole nitrogens is 1. The third-order valence-electron chi connectivity index (χ3n) is 6.19. The number of aromatic nitrogens is 2. The molecule has 0 bridgehead atoms. The number of nitrogens with one attached hydrogen (secondary N) is 3. The van der Waals surface area contributed by atoms with Gasteiger partial charge in [-0.3, -0.25) is 19.5 Å². The van der Waals surface area contributed by atoms with Gasteiger partial charge in [-0.15, -0.1) is 0 Å². The largest absolute Gasteiger partial charge is 0.491 e. The maximum atomic E-state index is 13.4. The smallest absolute Gasteiger partial charge is 0.275 e. The van der Waals surface area contributed by atoms with Crippen molar-refractivity contribution in [3.63, 3.8) is 0 Å². The predicted molar refractivity (Wildman–Crippen MR) is 137 cm³/mol. The zero-order valence-corrected chi connectivity index (χ0v) is 21.1. The first kappa shape index (κ1) is 25.5. The molecule has 9 nitrogen and oxygen atoms in total. The molecular formula is C26H30ClN5O4. The Balaban J connectivity index is 1.57. The number of fused-ring (bicyclic) bond motifs is 2. The van der Waals surface area contributed by atoms with E-state index in [0.717, 1.165) is 5.52 Å². The molecule has 1 aliphatic rings. The second-order valence-electron chi connectivity index (χ2n) is 9.18. The maximum Gasteiger partial charge on any atom is 0.275 e. The lowest BCUT2D eigenvalue weighted by molar-refractivity contribution is -0.123. The van der Waals surface area contributed by atoms with Crippen molar-refractivity contribution in [1.29, 1.82) is 0 Å². The SMILES string of the molecule is CC(C)[C@H]1COc2ccc(Cl)cc2C(=O)NCCCCN(C(=O)c2n[nH]c3ccccc23)CC(=O)N1. The second-order valence-corrected chi connectivity index (χ2v) is 9.61. The Morgan fingerprint density at radius 1 is 1.17 bits per heavy atom. The first-order valence-corrected chi connectivity index (χ1v) is 12.4. The van der Waals surface area contributed by atoms with E-state index in [1.165, 1.54) is 4.90 Å². The van der Waals surface area contributed by atoms with Gasteiger partial charge in [-0.2, -0.15) is 5.10 Å². The molecule has 4 rings (SSSR count). The Morgan fingerprint density at radius 3 is 2.78 bits per heavy atom. The monoisotopic (exact) mass is 511 g/mol. The molecule has 1 atom stereocenters. The van der Waals surface area contributed by atoms with Crippen LogP contribution in [0.2, 0.25) is 5.02 Å². The number of benzene rings is 2. The Bertz CT molecular complexity index is 1260. The summed E-state index contributed by atoms with van der Waals surface area (Å²) in [5, 5.41) is 14.1. The van der Waals surface area contributed by atoms with Crippen LogP contribution in [0.1, 0.15) is 47.5 Å². The molecule has 0 saturated carbocycles. The quantitative estimate of drug-likeness (QED) is 0.487. The molecule has 3 amide bonds. The highest BCUT2D eigenvalue weighted by molar-refractivity contribution is 6.31. The molecule has 0 fully saturated rings. The summed E-state index contributed by atoms with van der Waals surface area (Å²) in [6, 6.07) is 11.9. The highest BCUT2D eigenvalue weighted by Gasteiger charge is 2.25. The van der Waals surface area contributed by atoms with Crippen molar-refractivity contribution in [3.05, 3.63) is 58.7 Å². The molecule has 0 spiro atoms. The van der Waals surface area contributed by atoms with Gasteiger partial charge in [0, 0.05) is 23.5 Å². The molecule has 1 aliphatic heterocycles. The third-order valence-corrected chi connectivity index (χ3v) is 6.43. The third kappa shape index (κ3) is 5.96. The lowest BCUT2D eigenvalue weighted by atomic mass is 10.1. The normalized spacial score (nSPS) is 18.0. The van der Waals surface area contributed by atoms with Crippen molar-refractivity contribution in [2.24, 2.45) is 5.92 Å². The topological polar surface area (TPSA) is 116 Å². The van der Waals surface area contributed by atoms with Crippen LogP contribution >= 0.6 is 11.6 Å². The van der Waals surface area contributed by atoms with Crippen LogP contribution < -0.4 is 15.4 Å². The lowest BCUT2D eigenvalue weighted by Crippen LogP contribution is -2.48. The van der Waals surface area contributed by atoms with E-state index in [4.69, 9.17) is 16.3 Å². The van der Waals surface area contributed by atoms with Crippen LogP contribution in [-0.2, 0) is 4.79 Å². The fourth-order valence-electron chi connectivity index (χ4n) is 4.07. The van der Waals surface area contributed by atoms with Gasteiger partial charge >= 0.3 is 0 Å². The van der Waals surface area contributed by atoms with Crippen molar-refractivity contribution in [2.45, 2.75) is 32.7 Å². The van der Waals surface area contributed by atoms with E-state index in [-0.39, 0.29) is 48.5 Å². The van der Waals surface area contributed by atoms with E-state index in [9.17, 15) is 14.4 Å². The average Bonchev–Trinajstić information content (AvgIpc) is 3.29. The molecule has 0 radical (unpaired) electrons. The number of halogens is 1. The number of aromatic amines is 1. The summed E-state index contributed by atoms with van der Waals surface area (Å²) in [5.41, 5.74) is 1.37. The van der Waals surface area contributed by atoms with Gasteiger partial charge in [-0.05, 0) is 43.0 Å². The summed E-state index contributed by atoms with van der Waals surface area (Å²) in [7, 11) is 0. The number of hydrogen-bond donors (Lipinski definition) is 3. The van der Waals surface area contributed by atoms with E-state index in [0.29, 0.717) is 47.7 Å². The minimum absolute atomic E-state index is 0.0497. The van der Waals surface area contributed by atoms with Crippen molar-refractivity contribution in [2.75, 3.05) is 26.2 Å². The predicted octanol–water partition coefficient (Wildman–Crippen LogP) is 3.40. The van der Waals surface area contributed by atoms with Gasteiger partial charge in [0.2, 0.25) is 5.91 Å². The first-order chi connectivity index (χ1) is 17.3. The van der Waals surface area contributed by atoms with Crippen LogP contribution in [0.25, 0.3) is 10.9 Å². The van der Waals surface area contributed by atoms with Gasteiger partial charge in [-0.1, -0.05) is 43.6 Å². The zero-order valence-electron chi connectivity index (χ0n) is 20.3. The second kappa shape index (κ2) is 11.4. The molecule has 190 valence electrons. The zero-order chi connectivity index (χ0) is 25.7.